The van der Waals surface area contributed by atoms with Crippen molar-refractivity contribution in [3.63, 3.8) is 0 Å². The second-order valence-corrected chi connectivity index (χ2v) is 5.63. The van der Waals surface area contributed by atoms with E-state index >= 15 is 0 Å². The molecule has 0 bridgehead atoms. The topological polar surface area (TPSA) is 29.5 Å². The minimum Gasteiger partial charge on any atom is -0.372 e. The lowest BCUT2D eigenvalue weighted by Gasteiger charge is -2.35. The SMILES string of the molecule is CC1CN(C(=O)c2c(F)cc(Br)cc2F)CC(C)O1. The van der Waals surface area contributed by atoms with Gasteiger partial charge in [0, 0.05) is 17.6 Å². The van der Waals surface area contributed by atoms with Crippen molar-refractivity contribution in [3.8, 4) is 0 Å². The van der Waals surface area contributed by atoms with Crippen LogP contribution in [-0.4, -0.2) is 36.1 Å². The number of benzene rings is 1. The molecular weight excluding hydrogens is 320 g/mol. The van der Waals surface area contributed by atoms with E-state index in [0.717, 1.165) is 12.1 Å². The maximum absolute atomic E-state index is 13.8. The standard InChI is InChI=1S/C13H14BrF2NO2/c1-7-5-17(6-8(2)19-7)13(18)12-10(15)3-9(14)4-11(12)16/h3-4,7-8H,5-6H2,1-2H3. The molecule has 2 atom stereocenters. The Kier molecular flexibility index (Phi) is 4.20. The van der Waals surface area contributed by atoms with Gasteiger partial charge in [-0.3, -0.25) is 4.79 Å². The summed E-state index contributed by atoms with van der Waals surface area (Å²) in [5.74, 6) is -2.35. The number of rotatable bonds is 1. The maximum atomic E-state index is 13.8. The zero-order valence-electron chi connectivity index (χ0n) is 10.6. The number of carbonyl (C=O) groups is 1. The minimum absolute atomic E-state index is 0.144. The van der Waals surface area contributed by atoms with Crippen LogP contribution in [0.25, 0.3) is 0 Å². The number of amides is 1. The summed E-state index contributed by atoms with van der Waals surface area (Å²) in [4.78, 5) is 13.6. The van der Waals surface area contributed by atoms with Crippen LogP contribution in [0.1, 0.15) is 24.2 Å². The Morgan fingerprint density at radius 2 is 1.74 bits per heavy atom. The van der Waals surface area contributed by atoms with Crippen molar-refractivity contribution in [2.24, 2.45) is 0 Å². The molecule has 0 N–H and O–H groups in total. The summed E-state index contributed by atoms with van der Waals surface area (Å²) in [6.07, 6.45) is -0.288. The second-order valence-electron chi connectivity index (χ2n) is 4.71. The predicted molar refractivity (Wildman–Crippen MR) is 70.0 cm³/mol. The third-order valence-electron chi connectivity index (χ3n) is 2.93. The second kappa shape index (κ2) is 5.54. The van der Waals surface area contributed by atoms with Gasteiger partial charge in [-0.25, -0.2) is 8.78 Å². The van der Waals surface area contributed by atoms with Crippen LogP contribution in [0.5, 0.6) is 0 Å². The van der Waals surface area contributed by atoms with Gasteiger partial charge in [0.2, 0.25) is 0 Å². The van der Waals surface area contributed by atoms with Crippen molar-refractivity contribution in [2.45, 2.75) is 26.1 Å². The van der Waals surface area contributed by atoms with Crippen LogP contribution < -0.4 is 0 Å². The normalized spacial score (nSPS) is 23.5. The van der Waals surface area contributed by atoms with Crippen LogP contribution in [0, 0.1) is 11.6 Å². The molecule has 1 saturated heterocycles. The lowest BCUT2D eigenvalue weighted by atomic mass is 10.1. The molecule has 0 aromatic heterocycles. The van der Waals surface area contributed by atoms with Crippen LogP contribution >= 0.6 is 15.9 Å². The third-order valence-corrected chi connectivity index (χ3v) is 3.39. The number of ether oxygens (including phenoxy) is 1. The van der Waals surface area contributed by atoms with E-state index in [0.29, 0.717) is 13.1 Å². The van der Waals surface area contributed by atoms with E-state index in [4.69, 9.17) is 4.74 Å². The average Bonchev–Trinajstić information content (AvgIpc) is 2.25. The molecule has 6 heteroatoms. The van der Waals surface area contributed by atoms with E-state index in [9.17, 15) is 13.6 Å². The fourth-order valence-corrected chi connectivity index (χ4v) is 2.65. The van der Waals surface area contributed by atoms with E-state index < -0.39 is 23.1 Å². The van der Waals surface area contributed by atoms with Crippen LogP contribution in [0.3, 0.4) is 0 Å². The monoisotopic (exact) mass is 333 g/mol. The molecule has 0 aliphatic carbocycles. The molecule has 3 nitrogen and oxygen atoms in total. The Labute approximate surface area is 118 Å². The first-order valence-corrected chi connectivity index (χ1v) is 6.77. The summed E-state index contributed by atoms with van der Waals surface area (Å²) >= 11 is 2.99. The van der Waals surface area contributed by atoms with Gasteiger partial charge in [0.1, 0.15) is 17.2 Å². The molecule has 0 radical (unpaired) electrons. The van der Waals surface area contributed by atoms with Crippen LogP contribution in [-0.2, 0) is 4.74 Å². The largest absolute Gasteiger partial charge is 0.372 e. The lowest BCUT2D eigenvalue weighted by Crippen LogP contribution is -2.48. The van der Waals surface area contributed by atoms with Gasteiger partial charge in [-0.05, 0) is 26.0 Å². The molecule has 1 amide bonds. The summed E-state index contributed by atoms with van der Waals surface area (Å²) in [6, 6.07) is 2.17. The predicted octanol–water partition coefficient (Wildman–Crippen LogP) is 2.98. The third kappa shape index (κ3) is 3.12. The van der Waals surface area contributed by atoms with Gasteiger partial charge in [0.25, 0.3) is 5.91 Å². The van der Waals surface area contributed by atoms with Crippen LogP contribution in [0.2, 0.25) is 0 Å². The molecule has 1 aliphatic rings. The summed E-state index contributed by atoms with van der Waals surface area (Å²) in [5.41, 5.74) is -0.510. The van der Waals surface area contributed by atoms with E-state index in [1.54, 1.807) is 0 Å². The van der Waals surface area contributed by atoms with E-state index in [-0.39, 0.29) is 16.7 Å². The molecule has 1 aromatic carbocycles. The summed E-state index contributed by atoms with van der Waals surface area (Å²) in [5, 5.41) is 0. The lowest BCUT2D eigenvalue weighted by molar-refractivity contribution is -0.0588. The van der Waals surface area contributed by atoms with Crippen molar-refractivity contribution >= 4 is 21.8 Å². The summed E-state index contributed by atoms with van der Waals surface area (Å²) in [7, 11) is 0. The number of hydrogen-bond acceptors (Lipinski definition) is 2. The zero-order chi connectivity index (χ0) is 14.2. The Morgan fingerprint density at radius 1 is 1.26 bits per heavy atom. The van der Waals surface area contributed by atoms with Gasteiger partial charge in [-0.2, -0.15) is 0 Å². The highest BCUT2D eigenvalue weighted by molar-refractivity contribution is 9.10. The smallest absolute Gasteiger partial charge is 0.260 e. The fraction of sp³-hybridized carbons (Fsp3) is 0.462. The number of morpholine rings is 1. The van der Waals surface area contributed by atoms with Gasteiger partial charge < -0.3 is 9.64 Å². The molecule has 0 spiro atoms. The van der Waals surface area contributed by atoms with Gasteiger partial charge in [0.05, 0.1) is 12.2 Å². The van der Waals surface area contributed by atoms with Crippen molar-refractivity contribution in [3.05, 3.63) is 33.8 Å². The molecule has 19 heavy (non-hydrogen) atoms. The molecule has 2 rings (SSSR count). The molecule has 1 aromatic rings. The maximum Gasteiger partial charge on any atom is 0.260 e. The number of carbonyl (C=O) groups excluding carboxylic acids is 1. The quantitative estimate of drug-likeness (QED) is 0.790. The van der Waals surface area contributed by atoms with Gasteiger partial charge in [-0.1, -0.05) is 15.9 Å². The molecular formula is C13H14BrF2NO2. The molecule has 1 heterocycles. The molecule has 1 aliphatic heterocycles. The molecule has 1 fully saturated rings. The minimum atomic E-state index is -0.858. The molecule has 0 saturated carbocycles. The molecule has 104 valence electrons. The Morgan fingerprint density at radius 3 is 2.21 bits per heavy atom. The molecule has 2 unspecified atom stereocenters. The Bertz CT molecular complexity index is 476. The number of halogens is 3. The summed E-state index contributed by atoms with van der Waals surface area (Å²) in [6.45, 7) is 4.31. The highest BCUT2D eigenvalue weighted by Gasteiger charge is 2.30. The van der Waals surface area contributed by atoms with E-state index in [1.165, 1.54) is 4.90 Å². The summed E-state index contributed by atoms with van der Waals surface area (Å²) < 4.78 is 33.3. The highest BCUT2D eigenvalue weighted by atomic mass is 79.9. The van der Waals surface area contributed by atoms with Gasteiger partial charge >= 0.3 is 0 Å². The zero-order valence-corrected chi connectivity index (χ0v) is 12.2. The Balaban J connectivity index is 2.29. The fourth-order valence-electron chi connectivity index (χ4n) is 2.25. The van der Waals surface area contributed by atoms with Gasteiger partial charge in [-0.15, -0.1) is 0 Å². The van der Waals surface area contributed by atoms with Crippen molar-refractivity contribution in [2.75, 3.05) is 13.1 Å². The van der Waals surface area contributed by atoms with Crippen LogP contribution in [0.15, 0.2) is 16.6 Å². The van der Waals surface area contributed by atoms with Gasteiger partial charge in [0.15, 0.2) is 0 Å². The average molecular weight is 334 g/mol. The highest BCUT2D eigenvalue weighted by Crippen LogP contribution is 2.22. The van der Waals surface area contributed by atoms with Crippen molar-refractivity contribution in [1.82, 2.24) is 4.90 Å². The first-order valence-electron chi connectivity index (χ1n) is 5.97. The number of hydrogen-bond donors (Lipinski definition) is 0. The first kappa shape index (κ1) is 14.4. The van der Waals surface area contributed by atoms with E-state index in [2.05, 4.69) is 15.9 Å². The van der Waals surface area contributed by atoms with Crippen LogP contribution in [0.4, 0.5) is 8.78 Å². The first-order chi connectivity index (χ1) is 8.88. The van der Waals surface area contributed by atoms with Crippen molar-refractivity contribution < 1.29 is 18.3 Å². The number of nitrogens with zero attached hydrogens (tertiary/aromatic N) is 1. The Hall–Kier alpha value is -1.01. The van der Waals surface area contributed by atoms with Crippen molar-refractivity contribution in [1.29, 1.82) is 0 Å². The van der Waals surface area contributed by atoms with E-state index in [1.807, 2.05) is 13.8 Å².